The summed E-state index contributed by atoms with van der Waals surface area (Å²) in [5.74, 6) is -0.865. The molecule has 2 unspecified atom stereocenters. The number of aromatic nitrogens is 1. The number of esters is 1. The van der Waals surface area contributed by atoms with Crippen LogP contribution in [0.5, 0.6) is 0 Å². The smallest absolute Gasteiger partial charge is 0.337 e. The number of hydrogen-bond donors (Lipinski definition) is 2. The van der Waals surface area contributed by atoms with Crippen molar-refractivity contribution in [2.75, 3.05) is 7.11 Å². The zero-order chi connectivity index (χ0) is 14.5. The lowest BCUT2D eigenvalue weighted by molar-refractivity contribution is -0.156. The molecule has 2 N–H and O–H groups in total. The molecule has 5 nitrogen and oxygen atoms in total. The van der Waals surface area contributed by atoms with Crippen LogP contribution in [0.3, 0.4) is 0 Å². The summed E-state index contributed by atoms with van der Waals surface area (Å²) in [4.78, 5) is 15.1. The molecule has 5 heteroatoms. The van der Waals surface area contributed by atoms with Gasteiger partial charge in [-0.3, -0.25) is 4.98 Å². The number of rotatable bonds is 4. The molecule has 0 spiro atoms. The number of hydrogen-bond acceptors (Lipinski definition) is 5. The van der Waals surface area contributed by atoms with Gasteiger partial charge >= 0.3 is 5.97 Å². The van der Waals surface area contributed by atoms with Crippen molar-refractivity contribution in [3.05, 3.63) is 54.4 Å². The first kappa shape index (κ1) is 14.2. The second-order valence-electron chi connectivity index (χ2n) is 4.27. The van der Waals surface area contributed by atoms with Gasteiger partial charge in [0.05, 0.1) is 7.11 Å². The van der Waals surface area contributed by atoms with Crippen molar-refractivity contribution >= 4 is 5.97 Å². The topological polar surface area (TPSA) is 79.7 Å². The number of aliphatic hydroxyl groups is 2. The molecule has 0 amide bonds. The number of carbonyl (C=O) groups is 1. The summed E-state index contributed by atoms with van der Waals surface area (Å²) in [7, 11) is 1.16. The molecule has 0 aliphatic heterocycles. The van der Waals surface area contributed by atoms with E-state index in [0.717, 1.165) is 18.2 Å². The highest BCUT2D eigenvalue weighted by Gasteiger charge is 2.26. The van der Waals surface area contributed by atoms with Gasteiger partial charge in [-0.15, -0.1) is 0 Å². The maximum atomic E-state index is 11.2. The van der Waals surface area contributed by atoms with Crippen molar-refractivity contribution in [2.45, 2.75) is 12.2 Å². The van der Waals surface area contributed by atoms with Crippen LogP contribution in [-0.2, 0) is 9.53 Å². The molecule has 2 atom stereocenters. The fraction of sp³-hybridized carbons (Fsp3) is 0.200. The van der Waals surface area contributed by atoms with E-state index >= 15 is 0 Å². The van der Waals surface area contributed by atoms with E-state index in [2.05, 4.69) is 9.72 Å². The fourth-order valence-corrected chi connectivity index (χ4v) is 1.85. The lowest BCUT2D eigenvalue weighted by Gasteiger charge is -2.16. The normalized spacial score (nSPS) is 13.6. The van der Waals surface area contributed by atoms with Crippen LogP contribution < -0.4 is 0 Å². The van der Waals surface area contributed by atoms with Gasteiger partial charge in [0, 0.05) is 12.4 Å². The minimum atomic E-state index is -1.59. The van der Waals surface area contributed by atoms with Crippen molar-refractivity contribution in [1.29, 1.82) is 0 Å². The molecule has 0 aliphatic carbocycles. The second kappa shape index (κ2) is 6.27. The maximum Gasteiger partial charge on any atom is 0.337 e. The van der Waals surface area contributed by atoms with E-state index in [0.29, 0.717) is 5.56 Å². The molecule has 1 aromatic carbocycles. The van der Waals surface area contributed by atoms with Crippen molar-refractivity contribution in [3.63, 3.8) is 0 Å². The third-order valence-corrected chi connectivity index (χ3v) is 3.01. The second-order valence-corrected chi connectivity index (χ2v) is 4.27. The Labute approximate surface area is 116 Å². The fourth-order valence-electron chi connectivity index (χ4n) is 1.85. The van der Waals surface area contributed by atoms with E-state index in [9.17, 15) is 15.0 Å². The lowest BCUT2D eigenvalue weighted by atomic mass is 10.0. The molecule has 0 saturated heterocycles. The Morgan fingerprint density at radius 3 is 2.15 bits per heavy atom. The van der Waals surface area contributed by atoms with E-state index in [-0.39, 0.29) is 0 Å². The molecule has 0 aliphatic rings. The third-order valence-electron chi connectivity index (χ3n) is 3.01. The van der Waals surface area contributed by atoms with Crippen molar-refractivity contribution in [3.8, 4) is 11.1 Å². The minimum Gasteiger partial charge on any atom is -0.467 e. The maximum absolute atomic E-state index is 11.2. The molecular formula is C15H15NO4. The van der Waals surface area contributed by atoms with Crippen LogP contribution in [0, 0.1) is 0 Å². The van der Waals surface area contributed by atoms with Crippen molar-refractivity contribution in [2.24, 2.45) is 0 Å². The summed E-state index contributed by atoms with van der Waals surface area (Å²) in [6.07, 6.45) is 0.485. The van der Waals surface area contributed by atoms with Crippen molar-refractivity contribution in [1.82, 2.24) is 4.98 Å². The number of benzene rings is 1. The van der Waals surface area contributed by atoms with Crippen LogP contribution in [0.2, 0.25) is 0 Å². The average Bonchev–Trinajstić information content (AvgIpc) is 2.53. The Kier molecular flexibility index (Phi) is 4.45. The largest absolute Gasteiger partial charge is 0.467 e. The molecule has 1 aromatic heterocycles. The number of aliphatic hydroxyl groups excluding tert-OH is 2. The molecule has 104 valence electrons. The number of methoxy groups -OCH3 is 1. The molecule has 0 radical (unpaired) electrons. The highest BCUT2D eigenvalue weighted by molar-refractivity contribution is 5.75. The average molecular weight is 273 g/mol. The predicted octanol–water partition coefficient (Wildman–Crippen LogP) is 1.32. The molecule has 1 heterocycles. The third kappa shape index (κ3) is 3.01. The van der Waals surface area contributed by atoms with Crippen LogP contribution in [0.15, 0.2) is 48.8 Å². The quantitative estimate of drug-likeness (QED) is 0.821. The van der Waals surface area contributed by atoms with Crippen LogP contribution in [0.25, 0.3) is 11.1 Å². The van der Waals surface area contributed by atoms with Gasteiger partial charge < -0.3 is 14.9 Å². The lowest BCUT2D eigenvalue weighted by Crippen LogP contribution is -2.28. The predicted molar refractivity (Wildman–Crippen MR) is 72.7 cm³/mol. The Bertz CT molecular complexity index is 568. The highest BCUT2D eigenvalue weighted by Crippen LogP contribution is 2.23. The first-order chi connectivity index (χ1) is 9.63. The number of ether oxygens (including phenoxy) is 1. The number of pyridine rings is 1. The summed E-state index contributed by atoms with van der Waals surface area (Å²) in [5.41, 5.74) is 2.39. The molecule has 0 fully saturated rings. The standard InChI is InChI=1S/C15H15NO4/c1-20-15(19)14(18)13(17)12-4-2-10(3-5-12)11-6-8-16-9-7-11/h2-9,13-14,17-18H,1H3. The van der Waals surface area contributed by atoms with E-state index < -0.39 is 18.2 Å². The molecule has 0 bridgehead atoms. The van der Waals surface area contributed by atoms with E-state index in [4.69, 9.17) is 0 Å². The number of nitrogens with zero attached hydrogens (tertiary/aromatic N) is 1. The van der Waals surface area contributed by atoms with Crippen LogP contribution >= 0.6 is 0 Å². The summed E-state index contributed by atoms with van der Waals surface area (Å²) in [5, 5.41) is 19.5. The first-order valence-electron chi connectivity index (χ1n) is 6.08. The van der Waals surface area contributed by atoms with Crippen LogP contribution in [-0.4, -0.2) is 34.4 Å². The van der Waals surface area contributed by atoms with Crippen molar-refractivity contribution < 1.29 is 19.7 Å². The van der Waals surface area contributed by atoms with Gasteiger partial charge in [0.15, 0.2) is 6.10 Å². The van der Waals surface area contributed by atoms with E-state index in [1.807, 2.05) is 12.1 Å². The van der Waals surface area contributed by atoms with E-state index in [1.54, 1.807) is 36.7 Å². The summed E-state index contributed by atoms with van der Waals surface area (Å²) < 4.78 is 4.39. The highest BCUT2D eigenvalue weighted by atomic mass is 16.5. The summed E-state index contributed by atoms with van der Waals surface area (Å²) >= 11 is 0. The SMILES string of the molecule is COC(=O)C(O)C(O)c1ccc(-c2ccncc2)cc1. The van der Waals surface area contributed by atoms with Crippen LogP contribution in [0.4, 0.5) is 0 Å². The Balaban J connectivity index is 2.18. The first-order valence-corrected chi connectivity index (χ1v) is 6.08. The Morgan fingerprint density at radius 1 is 1.05 bits per heavy atom. The van der Waals surface area contributed by atoms with Gasteiger partial charge in [0.1, 0.15) is 6.10 Å². The summed E-state index contributed by atoms with van der Waals surface area (Å²) in [6, 6.07) is 10.7. The molecule has 2 rings (SSSR count). The van der Waals surface area contributed by atoms with Gasteiger partial charge in [0.25, 0.3) is 0 Å². The van der Waals surface area contributed by atoms with Gasteiger partial charge in [0.2, 0.25) is 0 Å². The molecule has 2 aromatic rings. The van der Waals surface area contributed by atoms with Gasteiger partial charge in [-0.2, -0.15) is 0 Å². The van der Waals surface area contributed by atoms with Gasteiger partial charge in [-0.1, -0.05) is 24.3 Å². The summed E-state index contributed by atoms with van der Waals surface area (Å²) in [6.45, 7) is 0. The number of carbonyl (C=O) groups excluding carboxylic acids is 1. The van der Waals surface area contributed by atoms with Gasteiger partial charge in [-0.05, 0) is 28.8 Å². The molecule has 20 heavy (non-hydrogen) atoms. The Hall–Kier alpha value is -2.24. The van der Waals surface area contributed by atoms with Crippen LogP contribution in [0.1, 0.15) is 11.7 Å². The monoisotopic (exact) mass is 273 g/mol. The Morgan fingerprint density at radius 2 is 1.60 bits per heavy atom. The van der Waals surface area contributed by atoms with Gasteiger partial charge in [-0.25, -0.2) is 4.79 Å². The molecule has 0 saturated carbocycles. The zero-order valence-electron chi connectivity index (χ0n) is 10.9. The zero-order valence-corrected chi connectivity index (χ0v) is 10.9. The molecular weight excluding hydrogens is 258 g/mol. The van der Waals surface area contributed by atoms with E-state index in [1.165, 1.54) is 0 Å². The minimum absolute atomic E-state index is 0.445.